The minimum absolute atomic E-state index is 0. The van der Waals surface area contributed by atoms with Crippen LogP contribution in [0, 0.1) is 0 Å². The molecule has 0 rings (SSSR count). The Labute approximate surface area is 139 Å². The smallest absolute Gasteiger partial charge is 0.321 e. The molecule has 0 radical (unpaired) electrons. The highest BCUT2D eigenvalue weighted by Gasteiger charge is 2.39. The molecule has 122 valence electrons. The van der Waals surface area contributed by atoms with Gasteiger partial charge in [0, 0.05) is 5.75 Å². The van der Waals surface area contributed by atoms with E-state index in [1.54, 1.807) is 0 Å². The summed E-state index contributed by atoms with van der Waals surface area (Å²) in [5, 5.41) is 17.7. The zero-order chi connectivity index (χ0) is 14.3. The first kappa shape index (κ1) is 25.1. The van der Waals surface area contributed by atoms with E-state index in [0.29, 0.717) is 12.8 Å². The van der Waals surface area contributed by atoms with Gasteiger partial charge >= 0.3 is 11.9 Å². The highest BCUT2D eigenvalue weighted by Crippen LogP contribution is 2.43. The molecule has 0 aromatic heterocycles. The van der Waals surface area contributed by atoms with E-state index < -0.39 is 28.8 Å². The number of carboxylic acids is 2. The molecule has 0 heterocycles. The Morgan fingerprint density at radius 3 is 1.85 bits per heavy atom. The fourth-order valence-electron chi connectivity index (χ4n) is 1.38. The first-order valence-corrected chi connectivity index (χ1v) is 7.90. The van der Waals surface area contributed by atoms with Crippen LogP contribution >= 0.6 is 46.4 Å². The van der Waals surface area contributed by atoms with Gasteiger partial charge in [-0.05, 0) is 12.8 Å². The fraction of sp³-hybridized carbons (Fsp3) is 0.800. The average molecular weight is 369 g/mol. The van der Waals surface area contributed by atoms with Crippen molar-refractivity contribution in [2.75, 3.05) is 5.75 Å². The Bertz CT molecular complexity index is 307. The van der Waals surface area contributed by atoms with Crippen LogP contribution in [0.3, 0.4) is 0 Å². The lowest BCUT2D eigenvalue weighted by molar-refractivity contribution is -0.139. The van der Waals surface area contributed by atoms with Crippen LogP contribution in [0.2, 0.25) is 0 Å². The summed E-state index contributed by atoms with van der Waals surface area (Å²) in [5.41, 5.74) is 11.1. The summed E-state index contributed by atoms with van der Waals surface area (Å²) in [6.45, 7) is 3.74. The molecule has 0 aliphatic carbocycles. The molecule has 6 nitrogen and oxygen atoms in total. The van der Waals surface area contributed by atoms with Gasteiger partial charge in [-0.2, -0.15) is 0 Å². The van der Waals surface area contributed by atoms with Gasteiger partial charge in [-0.15, -0.1) is 24.8 Å². The molecule has 0 amide bonds. The van der Waals surface area contributed by atoms with Crippen LogP contribution in [-0.4, -0.2) is 44.7 Å². The maximum Gasteiger partial charge on any atom is 0.321 e. The zero-order valence-corrected chi connectivity index (χ0v) is 14.5. The van der Waals surface area contributed by atoms with Crippen LogP contribution in [0.25, 0.3) is 0 Å². The molecule has 0 bridgehead atoms. The van der Waals surface area contributed by atoms with Crippen LogP contribution in [0.5, 0.6) is 0 Å². The normalized spacial score (nSPS) is 13.6. The van der Waals surface area contributed by atoms with Gasteiger partial charge < -0.3 is 21.7 Å². The van der Waals surface area contributed by atoms with E-state index in [4.69, 9.17) is 21.7 Å². The molecule has 0 aliphatic heterocycles. The van der Waals surface area contributed by atoms with Crippen molar-refractivity contribution in [3.63, 3.8) is 0 Å². The second-order valence-corrected chi connectivity index (χ2v) is 6.66. The largest absolute Gasteiger partial charge is 0.480 e. The standard InChI is InChI=1S/C10H20N2O4S2.2ClH/c1-3-10(4-2,7(12)9(15)16)18-17-5-6(11)8(13)14;;/h6-7H,3-5,11-12H2,1-2H3,(H,13,14)(H,15,16);2*1H. The van der Waals surface area contributed by atoms with E-state index >= 15 is 0 Å². The number of aliphatic carboxylic acids is 2. The highest BCUT2D eigenvalue weighted by molar-refractivity contribution is 8.77. The Balaban J connectivity index is -0.00000144. The van der Waals surface area contributed by atoms with Crippen molar-refractivity contribution in [2.24, 2.45) is 11.5 Å². The van der Waals surface area contributed by atoms with E-state index in [0.717, 1.165) is 0 Å². The second-order valence-electron chi connectivity index (χ2n) is 3.90. The van der Waals surface area contributed by atoms with E-state index in [1.807, 2.05) is 13.8 Å². The molecule has 0 spiro atoms. The predicted octanol–water partition coefficient (Wildman–Crippen LogP) is 1.59. The summed E-state index contributed by atoms with van der Waals surface area (Å²) in [6, 6.07) is -1.93. The van der Waals surface area contributed by atoms with Crippen molar-refractivity contribution in [3.8, 4) is 0 Å². The highest BCUT2D eigenvalue weighted by atomic mass is 35.5. The minimum Gasteiger partial charge on any atom is -0.480 e. The molecule has 0 saturated heterocycles. The number of halogens is 2. The molecule has 20 heavy (non-hydrogen) atoms. The summed E-state index contributed by atoms with van der Waals surface area (Å²) in [7, 11) is 2.58. The van der Waals surface area contributed by atoms with Crippen LogP contribution in [0.1, 0.15) is 26.7 Å². The Hall–Kier alpha value is 0.140. The zero-order valence-electron chi connectivity index (χ0n) is 11.3. The molecule has 0 saturated carbocycles. The van der Waals surface area contributed by atoms with E-state index in [1.165, 1.54) is 21.6 Å². The third-order valence-corrected chi connectivity index (χ3v) is 6.35. The lowest BCUT2D eigenvalue weighted by Crippen LogP contribution is -2.49. The number of hydrogen-bond acceptors (Lipinski definition) is 6. The molecule has 0 aromatic carbocycles. The van der Waals surface area contributed by atoms with Gasteiger partial charge in [0.05, 0.1) is 4.75 Å². The van der Waals surface area contributed by atoms with E-state index in [2.05, 4.69) is 0 Å². The first-order chi connectivity index (χ1) is 8.30. The lowest BCUT2D eigenvalue weighted by Gasteiger charge is -2.33. The second kappa shape index (κ2) is 11.8. The van der Waals surface area contributed by atoms with Gasteiger partial charge in [0.15, 0.2) is 0 Å². The Kier molecular flexibility index (Phi) is 14.8. The predicted molar refractivity (Wildman–Crippen MR) is 89.1 cm³/mol. The van der Waals surface area contributed by atoms with Crippen LogP contribution < -0.4 is 11.5 Å². The van der Waals surface area contributed by atoms with Crippen molar-refractivity contribution in [1.82, 2.24) is 0 Å². The van der Waals surface area contributed by atoms with Crippen molar-refractivity contribution < 1.29 is 19.8 Å². The van der Waals surface area contributed by atoms with Crippen molar-refractivity contribution >= 4 is 58.3 Å². The van der Waals surface area contributed by atoms with Gasteiger partial charge in [0.1, 0.15) is 12.1 Å². The maximum atomic E-state index is 11.0. The fourth-order valence-corrected chi connectivity index (χ4v) is 4.78. The Morgan fingerprint density at radius 2 is 1.55 bits per heavy atom. The number of carboxylic acid groups (broad SMARTS) is 2. The molecule has 0 aliphatic rings. The molecular formula is C10H22Cl2N2O4S2. The van der Waals surface area contributed by atoms with Crippen molar-refractivity contribution in [1.29, 1.82) is 0 Å². The van der Waals surface area contributed by atoms with E-state index in [-0.39, 0.29) is 30.6 Å². The molecule has 6 N–H and O–H groups in total. The lowest BCUT2D eigenvalue weighted by atomic mass is 9.94. The monoisotopic (exact) mass is 368 g/mol. The van der Waals surface area contributed by atoms with Gasteiger partial charge in [0.25, 0.3) is 0 Å². The van der Waals surface area contributed by atoms with Crippen molar-refractivity contribution in [3.05, 3.63) is 0 Å². The van der Waals surface area contributed by atoms with Gasteiger partial charge in [-0.3, -0.25) is 9.59 Å². The molecule has 0 aromatic rings. The number of hydrogen-bond donors (Lipinski definition) is 4. The molecule has 0 fully saturated rings. The third kappa shape index (κ3) is 7.24. The maximum absolute atomic E-state index is 11.0. The number of nitrogens with two attached hydrogens (primary N) is 2. The molecule has 10 heteroatoms. The topological polar surface area (TPSA) is 127 Å². The van der Waals surface area contributed by atoms with Gasteiger partial charge in [0.2, 0.25) is 0 Å². The molecular weight excluding hydrogens is 347 g/mol. The van der Waals surface area contributed by atoms with Crippen LogP contribution in [-0.2, 0) is 9.59 Å². The van der Waals surface area contributed by atoms with Gasteiger partial charge in [-0.25, -0.2) is 0 Å². The summed E-state index contributed by atoms with van der Waals surface area (Å²) in [5.74, 6) is -1.90. The molecule has 2 unspecified atom stereocenters. The summed E-state index contributed by atoms with van der Waals surface area (Å²) in [4.78, 5) is 21.6. The van der Waals surface area contributed by atoms with Crippen LogP contribution in [0.15, 0.2) is 0 Å². The summed E-state index contributed by atoms with van der Waals surface area (Å²) >= 11 is 0. The third-order valence-electron chi connectivity index (χ3n) is 2.82. The minimum atomic E-state index is -1.07. The number of carbonyl (C=O) groups is 2. The van der Waals surface area contributed by atoms with Gasteiger partial charge in [-0.1, -0.05) is 35.4 Å². The van der Waals surface area contributed by atoms with Crippen LogP contribution in [0.4, 0.5) is 0 Å². The molecule has 2 atom stereocenters. The first-order valence-electron chi connectivity index (χ1n) is 5.58. The summed E-state index contributed by atoms with van der Waals surface area (Å²) < 4.78 is -0.602. The number of rotatable bonds is 9. The average Bonchev–Trinajstić information content (AvgIpc) is 2.33. The Morgan fingerprint density at radius 1 is 1.10 bits per heavy atom. The van der Waals surface area contributed by atoms with E-state index in [9.17, 15) is 9.59 Å². The van der Waals surface area contributed by atoms with Crippen molar-refractivity contribution in [2.45, 2.75) is 43.5 Å². The summed E-state index contributed by atoms with van der Waals surface area (Å²) in [6.07, 6.45) is 1.19. The quantitative estimate of drug-likeness (QED) is 0.451. The SMILES string of the molecule is CCC(CC)(SSCC(N)C(=O)O)C(N)C(=O)O.Cl.Cl.